The van der Waals surface area contributed by atoms with Gasteiger partial charge < -0.3 is 15.4 Å². The summed E-state index contributed by atoms with van der Waals surface area (Å²) < 4.78 is 7.35. The fourth-order valence-electron chi connectivity index (χ4n) is 3.41. The smallest absolute Gasteiger partial charge is 0.261 e. The highest BCUT2D eigenvalue weighted by Gasteiger charge is 2.19. The largest absolute Gasteiger partial charge is 0.495 e. The first-order valence-corrected chi connectivity index (χ1v) is 12.7. The van der Waals surface area contributed by atoms with Crippen LogP contribution in [0.3, 0.4) is 0 Å². The van der Waals surface area contributed by atoms with E-state index < -0.39 is 0 Å². The summed E-state index contributed by atoms with van der Waals surface area (Å²) >= 11 is 2.63. The normalized spacial score (nSPS) is 10.7. The van der Waals surface area contributed by atoms with E-state index in [0.29, 0.717) is 21.6 Å². The van der Waals surface area contributed by atoms with Crippen LogP contribution in [0, 0.1) is 13.8 Å². The third-order valence-electron chi connectivity index (χ3n) is 5.18. The molecule has 2 aromatic carbocycles. The number of amides is 2. The molecule has 0 saturated carbocycles. The first-order valence-electron chi connectivity index (χ1n) is 10.9. The molecule has 8 nitrogen and oxygen atoms in total. The van der Waals surface area contributed by atoms with Crippen LogP contribution in [-0.2, 0) is 11.3 Å². The third kappa shape index (κ3) is 5.90. The van der Waals surface area contributed by atoms with E-state index in [0.717, 1.165) is 22.5 Å². The quantitative estimate of drug-likeness (QED) is 0.321. The Kier molecular flexibility index (Phi) is 7.84. The molecule has 0 spiro atoms. The van der Waals surface area contributed by atoms with Crippen molar-refractivity contribution in [1.82, 2.24) is 20.1 Å². The van der Waals surface area contributed by atoms with E-state index in [9.17, 15) is 9.59 Å². The number of methoxy groups -OCH3 is 1. The van der Waals surface area contributed by atoms with Gasteiger partial charge in [-0.25, -0.2) is 0 Å². The Morgan fingerprint density at radius 1 is 1.09 bits per heavy atom. The van der Waals surface area contributed by atoms with Crippen LogP contribution in [0.15, 0.2) is 65.1 Å². The standard InChI is InChI=1S/C25H25N5O3S2/c1-16-10-11-17(2)18(13-16)27-23(31)15-35-25-29-28-22(14-26-24(32)21-9-6-12-34-21)30(25)19-7-4-5-8-20(19)33-3/h4-13H,14-15H2,1-3H3,(H,26,32)(H,27,31). The van der Waals surface area contributed by atoms with Gasteiger partial charge in [-0.05, 0) is 54.6 Å². The van der Waals surface area contributed by atoms with E-state index in [-0.39, 0.29) is 24.1 Å². The molecule has 35 heavy (non-hydrogen) atoms. The SMILES string of the molecule is COc1ccccc1-n1c(CNC(=O)c2cccs2)nnc1SCC(=O)Nc1cc(C)ccc1C. The van der Waals surface area contributed by atoms with Crippen molar-refractivity contribution in [3.05, 3.63) is 81.8 Å². The Balaban J connectivity index is 1.55. The number of aryl methyl sites for hydroxylation is 2. The molecular formula is C25H25N5O3S2. The van der Waals surface area contributed by atoms with E-state index in [1.54, 1.807) is 13.2 Å². The highest BCUT2D eigenvalue weighted by Crippen LogP contribution is 2.29. The third-order valence-corrected chi connectivity index (χ3v) is 6.98. The van der Waals surface area contributed by atoms with Crippen LogP contribution in [0.2, 0.25) is 0 Å². The molecule has 0 aliphatic heterocycles. The van der Waals surface area contributed by atoms with Crippen molar-refractivity contribution in [1.29, 1.82) is 0 Å². The summed E-state index contributed by atoms with van der Waals surface area (Å²) in [6.07, 6.45) is 0. The number of rotatable bonds is 9. The van der Waals surface area contributed by atoms with E-state index in [2.05, 4.69) is 20.8 Å². The fraction of sp³-hybridized carbons (Fsp3) is 0.200. The van der Waals surface area contributed by atoms with Crippen LogP contribution in [0.4, 0.5) is 5.69 Å². The lowest BCUT2D eigenvalue weighted by atomic mass is 10.1. The number of ether oxygens (including phenoxy) is 1. The lowest BCUT2D eigenvalue weighted by Crippen LogP contribution is -2.24. The summed E-state index contributed by atoms with van der Waals surface area (Å²) in [4.78, 5) is 25.8. The molecule has 0 aliphatic rings. The van der Waals surface area contributed by atoms with Gasteiger partial charge in [0.1, 0.15) is 5.75 Å². The van der Waals surface area contributed by atoms with Crippen molar-refractivity contribution in [2.45, 2.75) is 25.5 Å². The van der Waals surface area contributed by atoms with Gasteiger partial charge in [-0.1, -0.05) is 42.1 Å². The molecule has 2 aromatic heterocycles. The number of nitrogens with zero attached hydrogens (tertiary/aromatic N) is 3. The molecule has 4 rings (SSSR count). The first-order chi connectivity index (χ1) is 17.0. The van der Waals surface area contributed by atoms with E-state index in [4.69, 9.17) is 4.74 Å². The number of para-hydroxylation sites is 2. The molecule has 2 amide bonds. The topological polar surface area (TPSA) is 98.1 Å². The minimum absolute atomic E-state index is 0.141. The number of hydrogen-bond acceptors (Lipinski definition) is 7. The van der Waals surface area contributed by atoms with Crippen LogP contribution in [0.25, 0.3) is 5.69 Å². The molecular weight excluding hydrogens is 482 g/mol. The zero-order chi connectivity index (χ0) is 24.8. The van der Waals surface area contributed by atoms with Crippen molar-refractivity contribution in [3.8, 4) is 11.4 Å². The molecule has 0 unspecified atom stereocenters. The van der Waals surface area contributed by atoms with Crippen molar-refractivity contribution in [3.63, 3.8) is 0 Å². The molecule has 0 aliphatic carbocycles. The van der Waals surface area contributed by atoms with Crippen LogP contribution in [-0.4, -0.2) is 39.4 Å². The lowest BCUT2D eigenvalue weighted by molar-refractivity contribution is -0.113. The zero-order valence-corrected chi connectivity index (χ0v) is 21.2. The molecule has 0 fully saturated rings. The maximum absolute atomic E-state index is 12.7. The molecule has 2 heterocycles. The summed E-state index contributed by atoms with van der Waals surface area (Å²) in [5, 5.41) is 16.8. The average Bonchev–Trinajstić information content (AvgIpc) is 3.54. The molecule has 180 valence electrons. The monoisotopic (exact) mass is 507 g/mol. The van der Waals surface area contributed by atoms with Crippen LogP contribution in [0.5, 0.6) is 5.75 Å². The number of anilines is 1. The van der Waals surface area contributed by atoms with Crippen LogP contribution < -0.4 is 15.4 Å². The Labute approximate surface area is 211 Å². The molecule has 0 saturated heterocycles. The maximum atomic E-state index is 12.7. The van der Waals surface area contributed by atoms with E-state index in [1.165, 1.54) is 23.1 Å². The minimum Gasteiger partial charge on any atom is -0.495 e. The summed E-state index contributed by atoms with van der Waals surface area (Å²) in [5.41, 5.74) is 3.58. The van der Waals surface area contributed by atoms with Gasteiger partial charge >= 0.3 is 0 Å². The van der Waals surface area contributed by atoms with Crippen LogP contribution >= 0.6 is 23.1 Å². The second kappa shape index (κ2) is 11.2. The number of hydrogen-bond donors (Lipinski definition) is 2. The van der Waals surface area contributed by atoms with Gasteiger partial charge in [0.2, 0.25) is 5.91 Å². The summed E-state index contributed by atoms with van der Waals surface area (Å²) in [5.74, 6) is 0.960. The minimum atomic E-state index is -0.184. The van der Waals surface area contributed by atoms with Gasteiger partial charge in [-0.3, -0.25) is 14.2 Å². The Hall–Kier alpha value is -3.63. The number of thiophene rings is 1. The van der Waals surface area contributed by atoms with Crippen molar-refractivity contribution in [2.24, 2.45) is 0 Å². The second-order valence-electron chi connectivity index (χ2n) is 7.72. The van der Waals surface area contributed by atoms with E-state index >= 15 is 0 Å². The summed E-state index contributed by atoms with van der Waals surface area (Å²) in [7, 11) is 1.59. The predicted molar refractivity (Wildman–Crippen MR) is 139 cm³/mol. The van der Waals surface area contributed by atoms with Gasteiger partial charge in [0.25, 0.3) is 5.91 Å². The lowest BCUT2D eigenvalue weighted by Gasteiger charge is -2.14. The number of aromatic nitrogens is 3. The van der Waals surface area contributed by atoms with E-state index in [1.807, 2.05) is 72.3 Å². The van der Waals surface area contributed by atoms with Gasteiger partial charge in [-0.2, -0.15) is 0 Å². The number of carbonyl (C=O) groups excluding carboxylic acids is 2. The molecule has 2 N–H and O–H groups in total. The molecule has 0 atom stereocenters. The number of carbonyl (C=O) groups is 2. The molecule has 4 aromatic rings. The molecule has 10 heteroatoms. The molecule has 0 radical (unpaired) electrons. The van der Waals surface area contributed by atoms with Gasteiger partial charge in [-0.15, -0.1) is 21.5 Å². The maximum Gasteiger partial charge on any atom is 0.261 e. The number of benzene rings is 2. The van der Waals surface area contributed by atoms with Crippen molar-refractivity contribution < 1.29 is 14.3 Å². The number of nitrogens with one attached hydrogen (secondary N) is 2. The van der Waals surface area contributed by atoms with Gasteiger partial charge in [0, 0.05) is 5.69 Å². The summed E-state index contributed by atoms with van der Waals surface area (Å²) in [6.45, 7) is 4.10. The fourth-order valence-corrected chi connectivity index (χ4v) is 4.81. The Bertz CT molecular complexity index is 1330. The average molecular weight is 508 g/mol. The Morgan fingerprint density at radius 2 is 1.91 bits per heavy atom. The van der Waals surface area contributed by atoms with Gasteiger partial charge in [0.15, 0.2) is 11.0 Å². The highest BCUT2D eigenvalue weighted by molar-refractivity contribution is 7.99. The van der Waals surface area contributed by atoms with Crippen LogP contribution in [0.1, 0.15) is 26.6 Å². The molecule has 0 bridgehead atoms. The summed E-state index contributed by atoms with van der Waals surface area (Å²) in [6, 6.07) is 17.0. The number of thioether (sulfide) groups is 1. The van der Waals surface area contributed by atoms with Gasteiger partial charge in [0.05, 0.1) is 30.0 Å². The second-order valence-corrected chi connectivity index (χ2v) is 9.61. The van der Waals surface area contributed by atoms with Crippen molar-refractivity contribution in [2.75, 3.05) is 18.2 Å². The van der Waals surface area contributed by atoms with Crippen molar-refractivity contribution >= 4 is 40.6 Å². The highest BCUT2D eigenvalue weighted by atomic mass is 32.2. The zero-order valence-electron chi connectivity index (χ0n) is 19.6. The predicted octanol–water partition coefficient (Wildman–Crippen LogP) is 4.62. The first kappa shape index (κ1) is 24.5. The Morgan fingerprint density at radius 3 is 2.69 bits per heavy atom.